The van der Waals surface area contributed by atoms with Crippen molar-refractivity contribution in [2.24, 2.45) is 23.5 Å². The number of nitrogens with two attached hydrogens (primary N) is 1. The van der Waals surface area contributed by atoms with Crippen LogP contribution in [0.5, 0.6) is 0 Å². The van der Waals surface area contributed by atoms with Crippen LogP contribution >= 0.6 is 0 Å². The fourth-order valence-electron chi connectivity index (χ4n) is 2.88. The highest BCUT2D eigenvalue weighted by Gasteiger charge is 2.39. The average Bonchev–Trinajstić information content (AvgIpc) is 2.45. The largest absolute Gasteiger partial charge is 0.370 e. The van der Waals surface area contributed by atoms with Gasteiger partial charge in [0.05, 0.1) is 0 Å². The van der Waals surface area contributed by atoms with Crippen LogP contribution in [-0.4, -0.2) is 5.91 Å². The molecule has 0 spiro atoms. The summed E-state index contributed by atoms with van der Waals surface area (Å²) in [7, 11) is 0. The SMILES string of the molecule is NC(=O)C[C@H]1C[C@H]2CC[C@@H]1C2. The van der Waals surface area contributed by atoms with E-state index in [0.29, 0.717) is 12.3 Å². The van der Waals surface area contributed by atoms with E-state index in [2.05, 4.69) is 0 Å². The van der Waals surface area contributed by atoms with E-state index in [1.165, 1.54) is 25.7 Å². The predicted octanol–water partition coefficient (Wildman–Crippen LogP) is 1.30. The Morgan fingerprint density at radius 1 is 1.36 bits per heavy atom. The predicted molar refractivity (Wildman–Crippen MR) is 42.7 cm³/mol. The van der Waals surface area contributed by atoms with Crippen molar-refractivity contribution in [2.45, 2.75) is 32.1 Å². The van der Waals surface area contributed by atoms with Crippen LogP contribution in [0.15, 0.2) is 0 Å². The first kappa shape index (κ1) is 7.14. The molecule has 0 heterocycles. The van der Waals surface area contributed by atoms with Crippen molar-refractivity contribution in [1.29, 1.82) is 0 Å². The van der Waals surface area contributed by atoms with Crippen LogP contribution in [0.4, 0.5) is 0 Å². The number of rotatable bonds is 2. The lowest BCUT2D eigenvalue weighted by atomic mass is 9.86. The second-order valence-electron chi connectivity index (χ2n) is 4.11. The van der Waals surface area contributed by atoms with Crippen LogP contribution < -0.4 is 5.73 Å². The Morgan fingerprint density at radius 3 is 2.64 bits per heavy atom. The maximum atomic E-state index is 10.7. The number of fused-ring (bicyclic) bond motifs is 2. The molecule has 2 heteroatoms. The molecule has 2 nitrogen and oxygen atoms in total. The first-order valence-corrected chi connectivity index (χ1v) is 4.54. The zero-order valence-corrected chi connectivity index (χ0v) is 6.75. The minimum atomic E-state index is -0.109. The molecule has 2 aliphatic rings. The van der Waals surface area contributed by atoms with E-state index in [-0.39, 0.29) is 5.91 Å². The van der Waals surface area contributed by atoms with Gasteiger partial charge in [-0.2, -0.15) is 0 Å². The van der Waals surface area contributed by atoms with Gasteiger partial charge in [0.2, 0.25) is 5.91 Å². The van der Waals surface area contributed by atoms with E-state index < -0.39 is 0 Å². The van der Waals surface area contributed by atoms with Crippen molar-refractivity contribution in [3.63, 3.8) is 0 Å². The number of hydrogen-bond donors (Lipinski definition) is 1. The van der Waals surface area contributed by atoms with E-state index in [0.717, 1.165) is 11.8 Å². The second-order valence-corrected chi connectivity index (χ2v) is 4.11. The van der Waals surface area contributed by atoms with Gasteiger partial charge in [-0.25, -0.2) is 0 Å². The van der Waals surface area contributed by atoms with Crippen LogP contribution in [0.25, 0.3) is 0 Å². The number of primary amides is 1. The van der Waals surface area contributed by atoms with E-state index in [1.54, 1.807) is 0 Å². The summed E-state index contributed by atoms with van der Waals surface area (Å²) in [4.78, 5) is 10.7. The summed E-state index contributed by atoms with van der Waals surface area (Å²) in [5.41, 5.74) is 5.17. The van der Waals surface area contributed by atoms with Crippen LogP contribution in [-0.2, 0) is 4.79 Å². The summed E-state index contributed by atoms with van der Waals surface area (Å²) in [5, 5.41) is 0. The molecule has 2 N–H and O–H groups in total. The summed E-state index contributed by atoms with van der Waals surface area (Å²) in [5.74, 6) is 2.31. The van der Waals surface area contributed by atoms with Crippen molar-refractivity contribution in [3.05, 3.63) is 0 Å². The lowest BCUT2D eigenvalue weighted by molar-refractivity contribution is -0.119. The molecule has 62 valence electrons. The van der Waals surface area contributed by atoms with E-state index in [9.17, 15) is 4.79 Å². The number of amides is 1. The van der Waals surface area contributed by atoms with Crippen LogP contribution in [0.1, 0.15) is 32.1 Å². The first-order valence-electron chi connectivity index (χ1n) is 4.54. The van der Waals surface area contributed by atoms with Crippen LogP contribution in [0.3, 0.4) is 0 Å². The fourth-order valence-corrected chi connectivity index (χ4v) is 2.88. The Morgan fingerprint density at radius 2 is 2.18 bits per heavy atom. The van der Waals surface area contributed by atoms with Crippen molar-refractivity contribution in [3.8, 4) is 0 Å². The number of carbonyl (C=O) groups is 1. The van der Waals surface area contributed by atoms with E-state index >= 15 is 0 Å². The maximum absolute atomic E-state index is 10.7. The highest BCUT2D eigenvalue weighted by Crippen LogP contribution is 2.49. The molecule has 2 saturated carbocycles. The molecule has 0 aromatic carbocycles. The fraction of sp³-hybridized carbons (Fsp3) is 0.889. The maximum Gasteiger partial charge on any atom is 0.217 e. The molecule has 1 amide bonds. The molecule has 2 bridgehead atoms. The molecule has 2 aliphatic carbocycles. The van der Waals surface area contributed by atoms with Crippen molar-refractivity contribution in [2.75, 3.05) is 0 Å². The average molecular weight is 153 g/mol. The third kappa shape index (κ3) is 1.26. The Balaban J connectivity index is 1.92. The lowest BCUT2D eigenvalue weighted by Gasteiger charge is -2.19. The van der Waals surface area contributed by atoms with Crippen LogP contribution in [0, 0.1) is 17.8 Å². The highest BCUT2D eigenvalue weighted by atomic mass is 16.1. The minimum Gasteiger partial charge on any atom is -0.370 e. The topological polar surface area (TPSA) is 43.1 Å². The second kappa shape index (κ2) is 2.50. The van der Waals surface area contributed by atoms with Crippen molar-refractivity contribution in [1.82, 2.24) is 0 Å². The summed E-state index contributed by atoms with van der Waals surface area (Å²) < 4.78 is 0. The van der Waals surface area contributed by atoms with E-state index in [1.807, 2.05) is 0 Å². The summed E-state index contributed by atoms with van der Waals surface area (Å²) in [6.07, 6.45) is 6.04. The normalized spacial score (nSPS) is 41.3. The summed E-state index contributed by atoms with van der Waals surface area (Å²) in [6, 6.07) is 0. The standard InChI is InChI=1S/C9H15NO/c10-9(11)5-8-4-6-1-2-7(8)3-6/h6-8H,1-5H2,(H2,10,11)/t6-,7+,8+/m0/s1. The number of carbonyl (C=O) groups excluding carboxylic acids is 1. The quantitative estimate of drug-likeness (QED) is 0.638. The Kier molecular flexibility index (Phi) is 1.63. The molecular formula is C9H15NO. The summed E-state index contributed by atoms with van der Waals surface area (Å²) >= 11 is 0. The molecule has 11 heavy (non-hydrogen) atoms. The van der Waals surface area contributed by atoms with Gasteiger partial charge in [0.15, 0.2) is 0 Å². The Hall–Kier alpha value is -0.530. The smallest absolute Gasteiger partial charge is 0.217 e. The van der Waals surface area contributed by atoms with Gasteiger partial charge in [-0.05, 0) is 37.0 Å². The first-order chi connectivity index (χ1) is 5.25. The van der Waals surface area contributed by atoms with E-state index in [4.69, 9.17) is 5.73 Å². The molecule has 0 saturated heterocycles. The zero-order valence-electron chi connectivity index (χ0n) is 6.75. The number of hydrogen-bond acceptors (Lipinski definition) is 1. The molecule has 3 atom stereocenters. The van der Waals surface area contributed by atoms with Crippen molar-refractivity contribution >= 4 is 5.91 Å². The minimum absolute atomic E-state index is 0.109. The van der Waals surface area contributed by atoms with Gasteiger partial charge in [0.1, 0.15) is 0 Å². The molecular weight excluding hydrogens is 138 g/mol. The van der Waals surface area contributed by atoms with Gasteiger partial charge in [0, 0.05) is 6.42 Å². The summed E-state index contributed by atoms with van der Waals surface area (Å²) in [6.45, 7) is 0. The van der Waals surface area contributed by atoms with Gasteiger partial charge in [-0.3, -0.25) is 4.79 Å². The molecule has 0 unspecified atom stereocenters. The van der Waals surface area contributed by atoms with Gasteiger partial charge in [0.25, 0.3) is 0 Å². The molecule has 0 aromatic rings. The molecule has 2 rings (SSSR count). The van der Waals surface area contributed by atoms with Gasteiger partial charge < -0.3 is 5.73 Å². The van der Waals surface area contributed by atoms with Crippen LogP contribution in [0.2, 0.25) is 0 Å². The Labute approximate surface area is 67.1 Å². The molecule has 0 aromatic heterocycles. The van der Waals surface area contributed by atoms with Gasteiger partial charge in [-0.15, -0.1) is 0 Å². The molecule has 0 aliphatic heterocycles. The monoisotopic (exact) mass is 153 g/mol. The van der Waals surface area contributed by atoms with Gasteiger partial charge >= 0.3 is 0 Å². The lowest BCUT2D eigenvalue weighted by Crippen LogP contribution is -2.20. The molecule has 0 radical (unpaired) electrons. The zero-order chi connectivity index (χ0) is 7.84. The Bertz CT molecular complexity index is 178. The molecule has 2 fully saturated rings. The van der Waals surface area contributed by atoms with Gasteiger partial charge in [-0.1, -0.05) is 6.42 Å². The van der Waals surface area contributed by atoms with Crippen molar-refractivity contribution < 1.29 is 4.79 Å². The highest BCUT2D eigenvalue weighted by molar-refractivity contribution is 5.74. The third-order valence-electron chi connectivity index (χ3n) is 3.35. The third-order valence-corrected chi connectivity index (χ3v) is 3.35.